The molecule has 0 heterocycles. The summed E-state index contributed by atoms with van der Waals surface area (Å²) in [5.41, 5.74) is 2.57. The van der Waals surface area contributed by atoms with Gasteiger partial charge in [0.05, 0.1) is 25.2 Å². The normalized spacial score (nSPS) is 22.2. The Morgan fingerprint density at radius 2 is 1.78 bits per heavy atom. The average Bonchev–Trinajstić information content (AvgIpc) is 2.81. The Balaban J connectivity index is 1.83. The van der Waals surface area contributed by atoms with Gasteiger partial charge in [0.1, 0.15) is 11.6 Å². The first-order valence-corrected chi connectivity index (χ1v) is 13.0. The number of hydrogen-bond donors (Lipinski definition) is 4. The molecule has 5 nitrogen and oxygen atoms in total. The molecule has 1 aliphatic carbocycles. The predicted molar refractivity (Wildman–Crippen MR) is 139 cm³/mol. The maximum absolute atomic E-state index is 13.7. The maximum atomic E-state index is 13.7. The lowest BCUT2D eigenvalue weighted by Gasteiger charge is -2.42. The van der Waals surface area contributed by atoms with Gasteiger partial charge in [0.2, 0.25) is 5.91 Å². The van der Waals surface area contributed by atoms with Gasteiger partial charge in [-0.2, -0.15) is 0 Å². The molecule has 1 saturated carbocycles. The Kier molecular flexibility index (Phi) is 9.25. The molecule has 0 aliphatic heterocycles. The molecule has 1 fully saturated rings. The summed E-state index contributed by atoms with van der Waals surface area (Å²) in [4.78, 5) is 11.9. The number of carbonyl (C=O) groups is 1. The number of halogens is 2. The summed E-state index contributed by atoms with van der Waals surface area (Å²) in [6.45, 7) is 8.22. The smallest absolute Gasteiger partial charge is 0.217 e. The standard InChI is InChI=1S/C29H41F2N3O2/c1-19(35)34-26(15-20-13-23(30)17-24(31)14-20)27(36)18-33-29(11-9-25(32-5)10-12-29)22-8-6-7-21(16-22)28(2,3)4/h6-8,13-14,16-17,25-27,32-33,36H,9-12,15,18H2,1-5H3,(H,34,35)/p+1. The molecule has 36 heavy (non-hydrogen) atoms. The Morgan fingerprint density at radius 1 is 1.14 bits per heavy atom. The minimum Gasteiger partial charge on any atom is -0.390 e. The molecule has 3 rings (SSSR count). The highest BCUT2D eigenvalue weighted by Gasteiger charge is 2.38. The number of nitrogens with two attached hydrogens (primary N) is 1. The fourth-order valence-corrected chi connectivity index (χ4v) is 5.29. The van der Waals surface area contributed by atoms with E-state index in [1.807, 2.05) is 0 Å². The van der Waals surface area contributed by atoms with E-state index in [0.717, 1.165) is 31.7 Å². The van der Waals surface area contributed by atoms with Crippen LogP contribution < -0.4 is 16.0 Å². The van der Waals surface area contributed by atoms with E-state index in [2.05, 4.69) is 68.0 Å². The highest BCUT2D eigenvalue weighted by atomic mass is 19.1. The number of quaternary nitrogens is 1. The number of amides is 1. The van der Waals surface area contributed by atoms with Crippen molar-refractivity contribution in [1.29, 1.82) is 0 Å². The van der Waals surface area contributed by atoms with Crippen LogP contribution in [0.1, 0.15) is 70.1 Å². The third kappa shape index (κ3) is 7.34. The Hall–Kier alpha value is -2.35. The van der Waals surface area contributed by atoms with Gasteiger partial charge >= 0.3 is 0 Å². The Labute approximate surface area is 214 Å². The minimum atomic E-state index is -0.946. The molecule has 1 aliphatic rings. The molecule has 7 heteroatoms. The van der Waals surface area contributed by atoms with Gasteiger partial charge in [0.15, 0.2) is 0 Å². The van der Waals surface area contributed by atoms with E-state index >= 15 is 0 Å². The van der Waals surface area contributed by atoms with Crippen molar-refractivity contribution in [2.45, 2.75) is 88.9 Å². The van der Waals surface area contributed by atoms with Crippen molar-refractivity contribution in [3.05, 3.63) is 70.8 Å². The van der Waals surface area contributed by atoms with Crippen LogP contribution in [0.4, 0.5) is 8.78 Å². The Morgan fingerprint density at radius 3 is 2.33 bits per heavy atom. The zero-order chi connectivity index (χ0) is 26.5. The number of hydrogen-bond acceptors (Lipinski definition) is 3. The first-order chi connectivity index (χ1) is 16.9. The van der Waals surface area contributed by atoms with Gasteiger partial charge in [0, 0.05) is 37.9 Å². The first-order valence-electron chi connectivity index (χ1n) is 13.0. The van der Waals surface area contributed by atoms with Crippen LogP contribution in [0, 0.1) is 11.6 Å². The summed E-state index contributed by atoms with van der Waals surface area (Å²) in [6.07, 6.45) is 3.15. The second-order valence-corrected chi connectivity index (χ2v) is 11.3. The first kappa shape index (κ1) is 28.2. The van der Waals surface area contributed by atoms with Crippen LogP contribution >= 0.6 is 0 Å². The maximum Gasteiger partial charge on any atom is 0.217 e. The molecule has 2 unspecified atom stereocenters. The lowest BCUT2D eigenvalue weighted by Crippen LogP contribution is -2.86. The van der Waals surface area contributed by atoms with E-state index < -0.39 is 23.8 Å². The van der Waals surface area contributed by atoms with E-state index in [1.54, 1.807) is 0 Å². The second kappa shape index (κ2) is 11.8. The molecule has 0 spiro atoms. The largest absolute Gasteiger partial charge is 0.390 e. The average molecular weight is 503 g/mol. The zero-order valence-electron chi connectivity index (χ0n) is 22.2. The Bertz CT molecular complexity index is 1010. The van der Waals surface area contributed by atoms with Crippen LogP contribution in [0.2, 0.25) is 0 Å². The van der Waals surface area contributed by atoms with Crippen molar-refractivity contribution < 1.29 is 24.0 Å². The molecule has 0 bridgehead atoms. The van der Waals surface area contributed by atoms with Crippen LogP contribution in [0.15, 0.2) is 42.5 Å². The fourth-order valence-electron chi connectivity index (χ4n) is 5.29. The number of aliphatic hydroxyl groups is 1. The predicted octanol–water partition coefficient (Wildman–Crippen LogP) is 3.29. The van der Waals surface area contributed by atoms with Crippen LogP contribution in [0.25, 0.3) is 0 Å². The molecule has 0 radical (unpaired) electrons. The second-order valence-electron chi connectivity index (χ2n) is 11.3. The molecule has 0 aromatic heterocycles. The number of rotatable bonds is 9. The summed E-state index contributed by atoms with van der Waals surface area (Å²) in [7, 11) is 2.11. The summed E-state index contributed by atoms with van der Waals surface area (Å²) in [6, 6.07) is 11.9. The molecule has 0 saturated heterocycles. The summed E-state index contributed by atoms with van der Waals surface area (Å²) < 4.78 is 27.5. The van der Waals surface area contributed by atoms with Gasteiger partial charge in [-0.1, -0.05) is 45.0 Å². The van der Waals surface area contributed by atoms with Gasteiger partial charge in [-0.05, 0) is 53.5 Å². The van der Waals surface area contributed by atoms with E-state index in [0.29, 0.717) is 11.6 Å². The lowest BCUT2D eigenvalue weighted by molar-refractivity contribution is -0.666. The lowest BCUT2D eigenvalue weighted by atomic mass is 9.73. The monoisotopic (exact) mass is 502 g/mol. The SMILES string of the molecule is C[NH2+]C1CCC(NCC(O)C(Cc2cc(F)cc(F)c2)NC(C)=O)(c2cccc(C(C)(C)C)c2)CC1. The van der Waals surface area contributed by atoms with E-state index in [4.69, 9.17) is 0 Å². The van der Waals surface area contributed by atoms with Crippen molar-refractivity contribution in [2.75, 3.05) is 13.6 Å². The number of nitrogens with one attached hydrogen (secondary N) is 2. The van der Waals surface area contributed by atoms with Gasteiger partial charge in [0.25, 0.3) is 0 Å². The van der Waals surface area contributed by atoms with E-state index in [-0.39, 0.29) is 29.8 Å². The van der Waals surface area contributed by atoms with Crippen LogP contribution in [-0.2, 0) is 22.2 Å². The topological polar surface area (TPSA) is 78.0 Å². The molecule has 2 aromatic rings. The summed E-state index contributed by atoms with van der Waals surface area (Å²) in [5, 5.41) is 19.9. The fraction of sp³-hybridized carbons (Fsp3) is 0.552. The number of aliphatic hydroxyl groups excluding tert-OH is 1. The van der Waals surface area contributed by atoms with E-state index in [1.165, 1.54) is 30.2 Å². The minimum absolute atomic E-state index is 0.0157. The van der Waals surface area contributed by atoms with Gasteiger partial charge in [-0.15, -0.1) is 0 Å². The zero-order valence-corrected chi connectivity index (χ0v) is 22.2. The molecule has 1 amide bonds. The van der Waals surface area contributed by atoms with Crippen molar-refractivity contribution in [3.8, 4) is 0 Å². The summed E-state index contributed by atoms with van der Waals surface area (Å²) >= 11 is 0. The number of carbonyl (C=O) groups excluding carboxylic acids is 1. The van der Waals surface area contributed by atoms with Crippen molar-refractivity contribution in [1.82, 2.24) is 10.6 Å². The molecular formula is C29H42F2N3O2+. The highest BCUT2D eigenvalue weighted by Crippen LogP contribution is 2.38. The summed E-state index contributed by atoms with van der Waals surface area (Å²) in [5.74, 6) is -1.66. The van der Waals surface area contributed by atoms with E-state index in [9.17, 15) is 18.7 Å². The molecule has 5 N–H and O–H groups in total. The van der Waals surface area contributed by atoms with Crippen LogP contribution in [0.3, 0.4) is 0 Å². The van der Waals surface area contributed by atoms with Crippen molar-refractivity contribution >= 4 is 5.91 Å². The quantitative estimate of drug-likeness (QED) is 0.425. The van der Waals surface area contributed by atoms with Gasteiger partial charge in [-0.3, -0.25) is 4.79 Å². The van der Waals surface area contributed by atoms with Gasteiger partial charge < -0.3 is 21.1 Å². The molecule has 2 aromatic carbocycles. The van der Waals surface area contributed by atoms with Crippen LogP contribution in [-0.4, -0.2) is 42.8 Å². The number of benzene rings is 2. The van der Waals surface area contributed by atoms with Gasteiger partial charge in [-0.25, -0.2) is 8.78 Å². The van der Waals surface area contributed by atoms with Crippen molar-refractivity contribution in [2.24, 2.45) is 0 Å². The molecule has 198 valence electrons. The van der Waals surface area contributed by atoms with Crippen molar-refractivity contribution in [3.63, 3.8) is 0 Å². The molecule has 2 atom stereocenters. The highest BCUT2D eigenvalue weighted by molar-refractivity contribution is 5.73. The third-order valence-electron chi connectivity index (χ3n) is 7.52. The third-order valence-corrected chi connectivity index (χ3v) is 7.52. The molecular weight excluding hydrogens is 460 g/mol. The van der Waals surface area contributed by atoms with Crippen LogP contribution in [0.5, 0.6) is 0 Å².